The van der Waals surface area contributed by atoms with Crippen LogP contribution in [-0.4, -0.2) is 43.7 Å². The molecule has 6 nitrogen and oxygen atoms in total. The number of piperidine rings is 1. The summed E-state index contributed by atoms with van der Waals surface area (Å²) in [5, 5.41) is 9.94. The molecule has 0 unspecified atom stereocenters. The number of hydrogen-bond acceptors (Lipinski definition) is 3. The van der Waals surface area contributed by atoms with Gasteiger partial charge in [0.25, 0.3) is 0 Å². The third-order valence-corrected chi connectivity index (χ3v) is 4.22. The molecule has 1 amide bonds. The molecule has 1 aliphatic rings. The molecule has 0 bridgehead atoms. The number of carbonyl (C=O) groups is 1. The highest BCUT2D eigenvalue weighted by Gasteiger charge is 2.24. The summed E-state index contributed by atoms with van der Waals surface area (Å²) in [4.78, 5) is 20.8. The van der Waals surface area contributed by atoms with E-state index in [1.165, 1.54) is 11.2 Å². The minimum Gasteiger partial charge on any atom is -0.465 e. The third-order valence-electron chi connectivity index (χ3n) is 3.59. The van der Waals surface area contributed by atoms with Crippen LogP contribution in [0.2, 0.25) is 0 Å². The van der Waals surface area contributed by atoms with Gasteiger partial charge in [-0.3, -0.25) is 0 Å². The fourth-order valence-corrected chi connectivity index (χ4v) is 2.97. The van der Waals surface area contributed by atoms with Gasteiger partial charge < -0.3 is 14.6 Å². The van der Waals surface area contributed by atoms with Crippen LogP contribution in [-0.2, 0) is 0 Å². The summed E-state index contributed by atoms with van der Waals surface area (Å²) < 4.78 is 2.92. The van der Waals surface area contributed by atoms with Crippen molar-refractivity contribution in [3.05, 3.63) is 23.2 Å². The second-order valence-corrected chi connectivity index (χ2v) is 5.38. The number of fused-ring (bicyclic) bond motifs is 1. The van der Waals surface area contributed by atoms with E-state index in [0.29, 0.717) is 19.1 Å². The first-order valence-electron chi connectivity index (χ1n) is 6.11. The summed E-state index contributed by atoms with van der Waals surface area (Å²) in [6.45, 7) is 1.15. The standard InChI is InChI=1S/C12H13BrN4O2/c13-10-9-3-6-17(11(9)15-7-14-10)8-1-4-16(5-2-8)12(18)19/h3,6-8H,1-2,4-5H2,(H,18,19). The van der Waals surface area contributed by atoms with Crippen molar-refractivity contribution in [3.8, 4) is 0 Å². The van der Waals surface area contributed by atoms with Crippen molar-refractivity contribution in [1.29, 1.82) is 0 Å². The highest BCUT2D eigenvalue weighted by Crippen LogP contribution is 2.28. The van der Waals surface area contributed by atoms with Crippen molar-refractivity contribution in [2.75, 3.05) is 13.1 Å². The number of hydrogen-bond donors (Lipinski definition) is 1. The van der Waals surface area contributed by atoms with Crippen molar-refractivity contribution in [2.24, 2.45) is 0 Å². The van der Waals surface area contributed by atoms with E-state index in [2.05, 4.69) is 30.5 Å². The molecule has 2 aromatic rings. The predicted molar refractivity (Wildman–Crippen MR) is 73.1 cm³/mol. The first kappa shape index (κ1) is 12.4. The van der Waals surface area contributed by atoms with Gasteiger partial charge in [-0.25, -0.2) is 14.8 Å². The van der Waals surface area contributed by atoms with Crippen molar-refractivity contribution in [2.45, 2.75) is 18.9 Å². The Morgan fingerprint density at radius 2 is 2.11 bits per heavy atom. The number of likely N-dealkylation sites (tertiary alicyclic amines) is 1. The average molecular weight is 325 g/mol. The lowest BCUT2D eigenvalue weighted by molar-refractivity contribution is 0.126. The predicted octanol–water partition coefficient (Wildman–Crippen LogP) is 2.51. The van der Waals surface area contributed by atoms with Crippen LogP contribution in [0.15, 0.2) is 23.2 Å². The number of nitrogens with zero attached hydrogens (tertiary/aromatic N) is 4. The fraction of sp³-hybridized carbons (Fsp3) is 0.417. The molecule has 1 aliphatic heterocycles. The lowest BCUT2D eigenvalue weighted by Crippen LogP contribution is -2.38. The topological polar surface area (TPSA) is 71.2 Å². The smallest absolute Gasteiger partial charge is 0.407 e. The van der Waals surface area contributed by atoms with Crippen molar-refractivity contribution in [3.63, 3.8) is 0 Å². The minimum absolute atomic E-state index is 0.301. The Balaban J connectivity index is 1.86. The maximum atomic E-state index is 10.9. The number of rotatable bonds is 1. The summed E-state index contributed by atoms with van der Waals surface area (Å²) >= 11 is 3.41. The van der Waals surface area contributed by atoms with Gasteiger partial charge in [-0.05, 0) is 34.8 Å². The van der Waals surface area contributed by atoms with E-state index in [0.717, 1.165) is 28.5 Å². The highest BCUT2D eigenvalue weighted by atomic mass is 79.9. The van der Waals surface area contributed by atoms with Crippen LogP contribution in [0.1, 0.15) is 18.9 Å². The van der Waals surface area contributed by atoms with Crippen LogP contribution in [0.25, 0.3) is 11.0 Å². The third kappa shape index (κ3) is 2.18. The molecular weight excluding hydrogens is 312 g/mol. The second kappa shape index (κ2) is 4.80. The molecule has 1 saturated heterocycles. The molecule has 7 heteroatoms. The van der Waals surface area contributed by atoms with Crippen LogP contribution < -0.4 is 0 Å². The van der Waals surface area contributed by atoms with Gasteiger partial charge in [0.2, 0.25) is 0 Å². The Hall–Kier alpha value is -1.63. The molecule has 3 rings (SSSR count). The molecule has 0 atom stereocenters. The lowest BCUT2D eigenvalue weighted by atomic mass is 10.1. The number of halogens is 1. The summed E-state index contributed by atoms with van der Waals surface area (Å²) in [6, 6.07) is 2.29. The van der Waals surface area contributed by atoms with Crippen LogP contribution in [0.3, 0.4) is 0 Å². The molecule has 100 valence electrons. The average Bonchev–Trinajstić information content (AvgIpc) is 2.84. The zero-order valence-electron chi connectivity index (χ0n) is 10.2. The number of aromatic nitrogens is 3. The zero-order chi connectivity index (χ0) is 13.4. The van der Waals surface area contributed by atoms with Gasteiger partial charge in [-0.15, -0.1) is 0 Å². The van der Waals surface area contributed by atoms with E-state index in [4.69, 9.17) is 5.11 Å². The Kier molecular flexibility index (Phi) is 3.14. The Labute approximate surface area is 118 Å². The van der Waals surface area contributed by atoms with Crippen molar-refractivity contribution < 1.29 is 9.90 Å². The van der Waals surface area contributed by atoms with Gasteiger partial charge in [-0.1, -0.05) is 0 Å². The SMILES string of the molecule is O=C(O)N1CCC(n2ccc3c(Br)ncnc32)CC1. The molecule has 19 heavy (non-hydrogen) atoms. The molecule has 0 radical (unpaired) electrons. The molecule has 1 N–H and O–H groups in total. The Bertz CT molecular complexity index is 619. The monoisotopic (exact) mass is 324 g/mol. The van der Waals surface area contributed by atoms with Crippen LogP contribution in [0, 0.1) is 0 Å². The molecule has 1 fully saturated rings. The van der Waals surface area contributed by atoms with Gasteiger partial charge in [0.1, 0.15) is 16.6 Å². The van der Waals surface area contributed by atoms with Gasteiger partial charge in [0, 0.05) is 25.3 Å². The van der Waals surface area contributed by atoms with Gasteiger partial charge >= 0.3 is 6.09 Å². The van der Waals surface area contributed by atoms with E-state index in [1.807, 2.05) is 12.3 Å². The molecule has 0 spiro atoms. The Morgan fingerprint density at radius 3 is 2.79 bits per heavy atom. The van der Waals surface area contributed by atoms with E-state index < -0.39 is 6.09 Å². The first-order chi connectivity index (χ1) is 9.16. The maximum Gasteiger partial charge on any atom is 0.407 e. The van der Waals surface area contributed by atoms with Crippen molar-refractivity contribution >= 4 is 33.1 Å². The Morgan fingerprint density at radius 1 is 1.37 bits per heavy atom. The summed E-state index contributed by atoms with van der Waals surface area (Å²) in [5.74, 6) is 0. The minimum atomic E-state index is -0.833. The normalized spacial score (nSPS) is 17.0. The maximum absolute atomic E-state index is 10.9. The van der Waals surface area contributed by atoms with E-state index in [-0.39, 0.29) is 0 Å². The second-order valence-electron chi connectivity index (χ2n) is 4.63. The fourth-order valence-electron chi connectivity index (χ4n) is 2.57. The number of carboxylic acid groups (broad SMARTS) is 1. The van der Waals surface area contributed by atoms with Gasteiger partial charge in [-0.2, -0.15) is 0 Å². The largest absolute Gasteiger partial charge is 0.465 e. The van der Waals surface area contributed by atoms with Crippen LogP contribution in [0.5, 0.6) is 0 Å². The van der Waals surface area contributed by atoms with Gasteiger partial charge in [0.15, 0.2) is 0 Å². The van der Waals surface area contributed by atoms with Gasteiger partial charge in [0.05, 0.1) is 5.39 Å². The zero-order valence-corrected chi connectivity index (χ0v) is 11.7. The summed E-state index contributed by atoms with van der Waals surface area (Å²) in [7, 11) is 0. The molecular formula is C12H13BrN4O2. The molecule has 0 saturated carbocycles. The first-order valence-corrected chi connectivity index (χ1v) is 6.91. The highest BCUT2D eigenvalue weighted by molar-refractivity contribution is 9.10. The quantitative estimate of drug-likeness (QED) is 0.818. The van der Waals surface area contributed by atoms with Crippen LogP contribution >= 0.6 is 15.9 Å². The molecule has 3 heterocycles. The molecule has 0 aromatic carbocycles. The van der Waals surface area contributed by atoms with E-state index >= 15 is 0 Å². The van der Waals surface area contributed by atoms with E-state index in [9.17, 15) is 4.79 Å². The lowest BCUT2D eigenvalue weighted by Gasteiger charge is -2.31. The van der Waals surface area contributed by atoms with Crippen LogP contribution in [0.4, 0.5) is 4.79 Å². The summed E-state index contributed by atoms with van der Waals surface area (Å²) in [6.07, 6.45) is 4.34. The number of amides is 1. The molecule has 0 aliphatic carbocycles. The molecule has 2 aromatic heterocycles. The summed E-state index contributed by atoms with van der Waals surface area (Å²) in [5.41, 5.74) is 0.899. The van der Waals surface area contributed by atoms with E-state index in [1.54, 1.807) is 0 Å². The van der Waals surface area contributed by atoms with Crippen molar-refractivity contribution in [1.82, 2.24) is 19.4 Å².